The summed E-state index contributed by atoms with van der Waals surface area (Å²) in [5.41, 5.74) is 3.56. The van der Waals surface area contributed by atoms with Crippen molar-refractivity contribution in [3.05, 3.63) is 52.8 Å². The molecule has 2 atom stereocenters. The Hall–Kier alpha value is -2.18. The highest BCUT2D eigenvalue weighted by atomic mass is 16.5. The molecule has 2 aromatic rings. The van der Waals surface area contributed by atoms with Crippen molar-refractivity contribution in [3.63, 3.8) is 0 Å². The van der Waals surface area contributed by atoms with Crippen LogP contribution in [0.25, 0.3) is 0 Å². The van der Waals surface area contributed by atoms with Crippen molar-refractivity contribution in [2.24, 2.45) is 0 Å². The number of carbonyl (C=O) groups excluding carboxylic acids is 1. The maximum atomic E-state index is 13.1. The highest BCUT2D eigenvalue weighted by molar-refractivity contribution is 5.95. The van der Waals surface area contributed by atoms with E-state index in [4.69, 9.17) is 9.47 Å². The number of methoxy groups -OCH3 is 1. The van der Waals surface area contributed by atoms with E-state index in [9.17, 15) is 4.79 Å². The minimum atomic E-state index is -0.133. The van der Waals surface area contributed by atoms with Gasteiger partial charge in [-0.1, -0.05) is 30.3 Å². The average molecular weight is 355 g/mol. The van der Waals surface area contributed by atoms with Crippen LogP contribution in [0.4, 0.5) is 0 Å². The van der Waals surface area contributed by atoms with Crippen LogP contribution in [0.15, 0.2) is 30.3 Å². The van der Waals surface area contributed by atoms with Gasteiger partial charge in [0.15, 0.2) is 5.69 Å². The molecule has 2 aliphatic rings. The largest absolute Gasteiger partial charge is 0.384 e. The molecule has 1 saturated heterocycles. The Morgan fingerprint density at radius 1 is 1.35 bits per heavy atom. The molecule has 1 N–H and O–H groups in total. The number of fused-ring (bicyclic) bond motifs is 1. The first-order valence-corrected chi connectivity index (χ1v) is 9.10. The molecule has 3 heterocycles. The smallest absolute Gasteiger partial charge is 0.274 e. The number of H-pyrrole nitrogens is 1. The summed E-state index contributed by atoms with van der Waals surface area (Å²) in [7, 11) is 1.71. The summed E-state index contributed by atoms with van der Waals surface area (Å²) in [6, 6.07) is 10.3. The number of carbonyl (C=O) groups is 1. The molecule has 26 heavy (non-hydrogen) atoms. The van der Waals surface area contributed by atoms with Gasteiger partial charge in [-0.15, -0.1) is 0 Å². The van der Waals surface area contributed by atoms with Gasteiger partial charge in [0, 0.05) is 32.2 Å². The molecule has 0 aliphatic carbocycles. The number of nitrogens with one attached hydrogen (secondary N) is 1. The quantitative estimate of drug-likeness (QED) is 0.915. The standard InChI is InChI=1S/C20H25N3O3/c1-13-9-16-17(14(2)26-13)21-22-18(16)19(24)23-10-20(11-23,12-25-3)15-7-5-4-6-8-15/h4-8,13-14H,9-12H2,1-3H3,(H,21,22)/t13-,14+/m0/s1. The zero-order chi connectivity index (χ0) is 18.3. The van der Waals surface area contributed by atoms with E-state index in [1.807, 2.05) is 36.9 Å². The van der Waals surface area contributed by atoms with E-state index in [-0.39, 0.29) is 23.5 Å². The molecule has 0 saturated carbocycles. The number of rotatable bonds is 4. The van der Waals surface area contributed by atoms with E-state index in [1.54, 1.807) is 7.11 Å². The molecule has 1 aromatic carbocycles. The molecule has 6 heteroatoms. The summed E-state index contributed by atoms with van der Waals surface area (Å²) in [5.74, 6) is -0.00791. The molecular formula is C20H25N3O3. The lowest BCUT2D eigenvalue weighted by Crippen LogP contribution is -2.63. The number of hydrogen-bond acceptors (Lipinski definition) is 4. The first-order valence-electron chi connectivity index (χ1n) is 9.10. The maximum absolute atomic E-state index is 13.1. The second-order valence-corrected chi connectivity index (χ2v) is 7.50. The fourth-order valence-electron chi connectivity index (χ4n) is 4.25. The van der Waals surface area contributed by atoms with Crippen LogP contribution in [0.1, 0.15) is 47.3 Å². The van der Waals surface area contributed by atoms with Crippen LogP contribution in [0, 0.1) is 0 Å². The van der Waals surface area contributed by atoms with Gasteiger partial charge >= 0.3 is 0 Å². The molecule has 1 fully saturated rings. The van der Waals surface area contributed by atoms with Crippen LogP contribution in [0.3, 0.4) is 0 Å². The highest BCUT2D eigenvalue weighted by Crippen LogP contribution is 2.37. The second-order valence-electron chi connectivity index (χ2n) is 7.50. The minimum absolute atomic E-state index is 0.00791. The summed E-state index contributed by atoms with van der Waals surface area (Å²) in [4.78, 5) is 14.9. The van der Waals surface area contributed by atoms with E-state index in [2.05, 4.69) is 22.3 Å². The molecule has 0 bridgehead atoms. The normalized spacial score (nSPS) is 24.0. The summed E-state index contributed by atoms with van der Waals surface area (Å²) in [6.07, 6.45) is 0.749. The molecule has 0 radical (unpaired) electrons. The minimum Gasteiger partial charge on any atom is -0.384 e. The Labute approximate surface area is 153 Å². The predicted octanol–water partition coefficient (Wildman–Crippen LogP) is 2.47. The molecule has 0 spiro atoms. The Kier molecular flexibility index (Phi) is 4.32. The zero-order valence-electron chi connectivity index (χ0n) is 15.5. The monoisotopic (exact) mass is 355 g/mol. The number of benzene rings is 1. The first-order chi connectivity index (χ1) is 12.5. The SMILES string of the molecule is COCC1(c2ccccc2)CN(C(=O)c2n[nH]c3c2C[C@H](C)O[C@@H]3C)C1. The van der Waals surface area contributed by atoms with Crippen molar-refractivity contribution in [1.29, 1.82) is 0 Å². The van der Waals surface area contributed by atoms with Crippen LogP contribution >= 0.6 is 0 Å². The lowest BCUT2D eigenvalue weighted by atomic mass is 9.74. The van der Waals surface area contributed by atoms with Gasteiger partial charge < -0.3 is 14.4 Å². The van der Waals surface area contributed by atoms with E-state index in [0.29, 0.717) is 31.8 Å². The van der Waals surface area contributed by atoms with Crippen molar-refractivity contribution < 1.29 is 14.3 Å². The van der Waals surface area contributed by atoms with Gasteiger partial charge in [0.05, 0.1) is 29.9 Å². The fourth-order valence-corrected chi connectivity index (χ4v) is 4.25. The number of amides is 1. The second kappa shape index (κ2) is 6.52. The summed E-state index contributed by atoms with van der Waals surface area (Å²) in [6.45, 7) is 5.91. The van der Waals surface area contributed by atoms with Crippen molar-refractivity contribution >= 4 is 5.91 Å². The zero-order valence-corrected chi connectivity index (χ0v) is 15.5. The maximum Gasteiger partial charge on any atom is 0.274 e. The Balaban J connectivity index is 1.55. The van der Waals surface area contributed by atoms with Gasteiger partial charge in [0.1, 0.15) is 0 Å². The van der Waals surface area contributed by atoms with Crippen LogP contribution < -0.4 is 0 Å². The van der Waals surface area contributed by atoms with Gasteiger partial charge in [0.25, 0.3) is 5.91 Å². The Morgan fingerprint density at radius 3 is 2.77 bits per heavy atom. The molecule has 4 rings (SSSR count). The van der Waals surface area contributed by atoms with Crippen molar-refractivity contribution in [2.45, 2.75) is 37.9 Å². The summed E-state index contributed by atoms with van der Waals surface area (Å²) in [5, 5.41) is 7.34. The number of likely N-dealkylation sites (tertiary alicyclic amines) is 1. The first kappa shape index (κ1) is 17.2. The molecular weight excluding hydrogens is 330 g/mol. The molecule has 6 nitrogen and oxygen atoms in total. The van der Waals surface area contributed by atoms with Crippen LogP contribution in [0.2, 0.25) is 0 Å². The Bertz CT molecular complexity index is 796. The van der Waals surface area contributed by atoms with E-state index in [0.717, 1.165) is 11.3 Å². The summed E-state index contributed by atoms with van der Waals surface area (Å²) < 4.78 is 11.3. The predicted molar refractivity (Wildman–Crippen MR) is 97.2 cm³/mol. The van der Waals surface area contributed by atoms with Crippen LogP contribution in [-0.4, -0.2) is 53.9 Å². The molecule has 2 aliphatic heterocycles. The number of aromatic nitrogens is 2. The summed E-state index contributed by atoms with van der Waals surface area (Å²) >= 11 is 0. The fraction of sp³-hybridized carbons (Fsp3) is 0.500. The highest BCUT2D eigenvalue weighted by Gasteiger charge is 2.47. The van der Waals surface area contributed by atoms with Gasteiger partial charge in [-0.3, -0.25) is 9.89 Å². The van der Waals surface area contributed by atoms with E-state index >= 15 is 0 Å². The third kappa shape index (κ3) is 2.73. The number of aromatic amines is 1. The van der Waals surface area contributed by atoms with Gasteiger partial charge in [0.2, 0.25) is 0 Å². The molecule has 138 valence electrons. The molecule has 1 aromatic heterocycles. The molecule has 0 unspecified atom stereocenters. The molecule has 1 amide bonds. The van der Waals surface area contributed by atoms with Gasteiger partial charge in [-0.25, -0.2) is 0 Å². The Morgan fingerprint density at radius 2 is 2.08 bits per heavy atom. The average Bonchev–Trinajstić information content (AvgIpc) is 3.02. The number of ether oxygens (including phenoxy) is 2. The van der Waals surface area contributed by atoms with E-state index < -0.39 is 0 Å². The number of nitrogens with zero attached hydrogens (tertiary/aromatic N) is 2. The lowest BCUT2D eigenvalue weighted by Gasteiger charge is -2.50. The van der Waals surface area contributed by atoms with Gasteiger partial charge in [-0.2, -0.15) is 5.10 Å². The third-order valence-corrected chi connectivity index (χ3v) is 5.52. The van der Waals surface area contributed by atoms with Crippen LogP contribution in [-0.2, 0) is 21.3 Å². The van der Waals surface area contributed by atoms with Crippen molar-refractivity contribution in [1.82, 2.24) is 15.1 Å². The van der Waals surface area contributed by atoms with E-state index in [1.165, 1.54) is 5.56 Å². The van der Waals surface area contributed by atoms with Crippen molar-refractivity contribution in [3.8, 4) is 0 Å². The number of hydrogen-bond donors (Lipinski definition) is 1. The van der Waals surface area contributed by atoms with Crippen LogP contribution in [0.5, 0.6) is 0 Å². The van der Waals surface area contributed by atoms with Crippen molar-refractivity contribution in [2.75, 3.05) is 26.8 Å². The lowest BCUT2D eigenvalue weighted by molar-refractivity contribution is -0.00750. The van der Waals surface area contributed by atoms with Gasteiger partial charge in [-0.05, 0) is 19.4 Å². The third-order valence-electron chi connectivity index (χ3n) is 5.52. The topological polar surface area (TPSA) is 67.5 Å².